The molecule has 1 N–H and O–H groups in total. The first-order valence-corrected chi connectivity index (χ1v) is 9.72. The van der Waals surface area contributed by atoms with E-state index in [4.69, 9.17) is 27.9 Å². The maximum Gasteiger partial charge on any atom is 0.143 e. The molecule has 0 fully saturated rings. The number of rotatable bonds is 6. The minimum Gasteiger partial charge on any atom is -0.487 e. The van der Waals surface area contributed by atoms with Gasteiger partial charge in [-0.25, -0.2) is 0 Å². The van der Waals surface area contributed by atoms with Crippen LogP contribution >= 0.6 is 39.1 Å². The summed E-state index contributed by atoms with van der Waals surface area (Å²) in [6, 6.07) is 19.8. The zero-order chi connectivity index (χ0) is 18.5. The Bertz CT molecular complexity index is 880. The molecule has 0 aliphatic carbocycles. The Morgan fingerprint density at radius 3 is 2.35 bits per heavy atom. The highest BCUT2D eigenvalue weighted by atomic mass is 79.9. The highest BCUT2D eigenvalue weighted by Gasteiger charge is 2.11. The van der Waals surface area contributed by atoms with Crippen molar-refractivity contribution in [2.75, 3.05) is 5.32 Å². The molecule has 3 rings (SSSR count). The van der Waals surface area contributed by atoms with E-state index < -0.39 is 0 Å². The van der Waals surface area contributed by atoms with Gasteiger partial charge in [0.2, 0.25) is 0 Å². The van der Waals surface area contributed by atoms with E-state index in [2.05, 4.69) is 40.3 Å². The molecule has 0 aromatic heterocycles. The van der Waals surface area contributed by atoms with E-state index in [0.717, 1.165) is 21.3 Å². The number of hydrogen-bond donors (Lipinski definition) is 1. The first-order valence-electron chi connectivity index (χ1n) is 8.17. The molecular weight excluding hydrogens is 433 g/mol. The van der Waals surface area contributed by atoms with Crippen LogP contribution in [0.15, 0.2) is 65.1 Å². The molecule has 134 valence electrons. The quantitative estimate of drug-likeness (QED) is 0.426. The van der Waals surface area contributed by atoms with Crippen molar-refractivity contribution in [3.63, 3.8) is 0 Å². The predicted octanol–water partition coefficient (Wildman–Crippen LogP) is 7.26. The van der Waals surface area contributed by atoms with Gasteiger partial charge in [-0.2, -0.15) is 0 Å². The third-order valence-corrected chi connectivity index (χ3v) is 4.94. The van der Waals surface area contributed by atoms with Crippen LogP contribution in [-0.4, -0.2) is 0 Å². The molecule has 0 atom stereocenters. The molecule has 0 unspecified atom stereocenters. The average Bonchev–Trinajstić information content (AvgIpc) is 2.62. The average molecular weight is 451 g/mol. The standard InChI is InChI=1S/C21H18BrCl2NO/c1-14-2-8-19(9-3-14)25-12-16-10-18(23)11-20(24)21(16)26-13-15-4-6-17(22)7-5-15/h2-11,25H,12-13H2,1H3. The monoisotopic (exact) mass is 449 g/mol. The summed E-state index contributed by atoms with van der Waals surface area (Å²) in [6.07, 6.45) is 0. The summed E-state index contributed by atoms with van der Waals surface area (Å²) in [5, 5.41) is 4.48. The largest absolute Gasteiger partial charge is 0.487 e. The van der Waals surface area contributed by atoms with Gasteiger partial charge in [-0.15, -0.1) is 0 Å². The van der Waals surface area contributed by atoms with Crippen molar-refractivity contribution in [3.8, 4) is 5.75 Å². The highest BCUT2D eigenvalue weighted by Crippen LogP contribution is 2.33. The van der Waals surface area contributed by atoms with Gasteiger partial charge in [0.05, 0.1) is 5.02 Å². The summed E-state index contributed by atoms with van der Waals surface area (Å²) in [7, 11) is 0. The van der Waals surface area contributed by atoms with Gasteiger partial charge in [-0.05, 0) is 48.9 Å². The number of hydrogen-bond acceptors (Lipinski definition) is 2. The minimum atomic E-state index is 0.437. The van der Waals surface area contributed by atoms with Gasteiger partial charge in [0.25, 0.3) is 0 Å². The Balaban J connectivity index is 1.75. The van der Waals surface area contributed by atoms with Gasteiger partial charge in [-0.3, -0.25) is 0 Å². The van der Waals surface area contributed by atoms with Gasteiger partial charge in [0, 0.05) is 27.3 Å². The SMILES string of the molecule is Cc1ccc(NCc2cc(Cl)cc(Cl)c2OCc2ccc(Br)cc2)cc1. The predicted molar refractivity (Wildman–Crippen MR) is 113 cm³/mol. The van der Waals surface area contributed by atoms with E-state index >= 15 is 0 Å². The van der Waals surface area contributed by atoms with Crippen LogP contribution in [0.25, 0.3) is 0 Å². The Kier molecular flexibility index (Phi) is 6.47. The van der Waals surface area contributed by atoms with Crippen molar-refractivity contribution in [2.24, 2.45) is 0 Å². The summed E-state index contributed by atoms with van der Waals surface area (Å²) in [6.45, 7) is 3.07. The van der Waals surface area contributed by atoms with Gasteiger partial charge in [0.1, 0.15) is 12.4 Å². The van der Waals surface area contributed by atoms with Crippen LogP contribution in [0.5, 0.6) is 5.75 Å². The molecule has 0 aliphatic rings. The second-order valence-electron chi connectivity index (χ2n) is 6.01. The fraction of sp³-hybridized carbons (Fsp3) is 0.143. The number of benzene rings is 3. The molecule has 26 heavy (non-hydrogen) atoms. The molecule has 0 aliphatic heterocycles. The van der Waals surface area contributed by atoms with E-state index in [0.29, 0.717) is 28.9 Å². The first-order chi connectivity index (χ1) is 12.5. The van der Waals surface area contributed by atoms with Gasteiger partial charge < -0.3 is 10.1 Å². The van der Waals surface area contributed by atoms with Gasteiger partial charge >= 0.3 is 0 Å². The number of aryl methyl sites for hydroxylation is 1. The third kappa shape index (κ3) is 5.16. The van der Waals surface area contributed by atoms with Crippen LogP contribution in [0.3, 0.4) is 0 Å². The van der Waals surface area contributed by atoms with Crippen LogP contribution < -0.4 is 10.1 Å². The summed E-state index contributed by atoms with van der Waals surface area (Å²) >= 11 is 16.0. The van der Waals surface area contributed by atoms with Crippen LogP contribution in [0.2, 0.25) is 10.0 Å². The third-order valence-electron chi connectivity index (χ3n) is 3.92. The van der Waals surface area contributed by atoms with Gasteiger partial charge in [-0.1, -0.05) is 69.0 Å². The smallest absolute Gasteiger partial charge is 0.143 e. The molecule has 3 aromatic rings. The molecule has 0 radical (unpaired) electrons. The van der Waals surface area contributed by atoms with Crippen molar-refractivity contribution in [2.45, 2.75) is 20.1 Å². The second kappa shape index (κ2) is 8.81. The number of anilines is 1. The first kappa shape index (κ1) is 19.1. The normalized spacial score (nSPS) is 10.6. The molecule has 3 aromatic carbocycles. The zero-order valence-corrected chi connectivity index (χ0v) is 17.3. The van der Waals surface area contributed by atoms with Crippen LogP contribution in [0, 0.1) is 6.92 Å². The van der Waals surface area contributed by atoms with E-state index in [1.807, 2.05) is 42.5 Å². The maximum atomic E-state index is 6.38. The second-order valence-corrected chi connectivity index (χ2v) is 7.77. The minimum absolute atomic E-state index is 0.437. The van der Waals surface area contributed by atoms with Crippen molar-refractivity contribution in [3.05, 3.63) is 91.9 Å². The molecule has 0 spiro atoms. The van der Waals surface area contributed by atoms with Crippen molar-refractivity contribution < 1.29 is 4.74 Å². The van der Waals surface area contributed by atoms with Crippen molar-refractivity contribution in [1.82, 2.24) is 0 Å². The number of halogens is 3. The Labute approximate surface area is 172 Å². The lowest BCUT2D eigenvalue weighted by molar-refractivity contribution is 0.303. The van der Waals surface area contributed by atoms with Crippen LogP contribution in [0.1, 0.15) is 16.7 Å². The topological polar surface area (TPSA) is 21.3 Å². The fourth-order valence-electron chi connectivity index (χ4n) is 2.51. The maximum absolute atomic E-state index is 6.38. The number of nitrogens with one attached hydrogen (secondary N) is 1. The molecule has 0 heterocycles. The highest BCUT2D eigenvalue weighted by molar-refractivity contribution is 9.10. The van der Waals surface area contributed by atoms with Crippen LogP contribution in [0.4, 0.5) is 5.69 Å². The lowest BCUT2D eigenvalue weighted by atomic mass is 10.1. The van der Waals surface area contributed by atoms with Crippen molar-refractivity contribution in [1.29, 1.82) is 0 Å². The fourth-order valence-corrected chi connectivity index (χ4v) is 3.37. The Morgan fingerprint density at radius 2 is 1.65 bits per heavy atom. The summed E-state index contributed by atoms with van der Waals surface area (Å²) in [5.74, 6) is 0.651. The van der Waals surface area contributed by atoms with E-state index in [1.54, 1.807) is 6.07 Å². The molecule has 2 nitrogen and oxygen atoms in total. The molecule has 5 heteroatoms. The van der Waals surface area contributed by atoms with E-state index in [-0.39, 0.29) is 0 Å². The Hall–Kier alpha value is -1.68. The van der Waals surface area contributed by atoms with E-state index in [1.165, 1.54) is 5.56 Å². The van der Waals surface area contributed by atoms with Gasteiger partial charge in [0.15, 0.2) is 0 Å². The lowest BCUT2D eigenvalue weighted by Crippen LogP contribution is -2.04. The molecule has 0 saturated heterocycles. The molecular formula is C21H18BrCl2NO. The summed E-state index contributed by atoms with van der Waals surface area (Å²) in [5.41, 5.74) is 4.24. The van der Waals surface area contributed by atoms with E-state index in [9.17, 15) is 0 Å². The molecule has 0 saturated carbocycles. The van der Waals surface area contributed by atoms with Crippen molar-refractivity contribution >= 4 is 44.8 Å². The summed E-state index contributed by atoms with van der Waals surface area (Å²) < 4.78 is 7.05. The molecule has 0 amide bonds. The Morgan fingerprint density at radius 1 is 0.962 bits per heavy atom. The molecule has 0 bridgehead atoms. The summed E-state index contributed by atoms with van der Waals surface area (Å²) in [4.78, 5) is 0. The number of ether oxygens (including phenoxy) is 1. The van der Waals surface area contributed by atoms with Crippen LogP contribution in [-0.2, 0) is 13.2 Å². The zero-order valence-electron chi connectivity index (χ0n) is 14.2. The lowest BCUT2D eigenvalue weighted by Gasteiger charge is -2.15.